The zero-order valence-electron chi connectivity index (χ0n) is 13.2. The number of hydrogen-bond donors (Lipinski definition) is 1. The molecule has 5 nitrogen and oxygen atoms in total. The molecule has 3 rings (SSSR count). The van der Waals surface area contributed by atoms with E-state index in [-0.39, 0.29) is 0 Å². The van der Waals surface area contributed by atoms with Crippen molar-refractivity contribution >= 4 is 5.57 Å². The Morgan fingerprint density at radius 2 is 1.70 bits per heavy atom. The molecule has 0 spiro atoms. The molecule has 0 saturated carbocycles. The Balaban J connectivity index is 1.97. The van der Waals surface area contributed by atoms with E-state index in [4.69, 9.17) is 18.9 Å². The van der Waals surface area contributed by atoms with E-state index < -0.39 is 6.10 Å². The van der Waals surface area contributed by atoms with Gasteiger partial charge < -0.3 is 24.1 Å². The van der Waals surface area contributed by atoms with E-state index in [1.165, 1.54) is 0 Å². The predicted molar refractivity (Wildman–Crippen MR) is 86.1 cm³/mol. The molecule has 1 aliphatic rings. The van der Waals surface area contributed by atoms with Gasteiger partial charge in [-0.1, -0.05) is 6.07 Å². The van der Waals surface area contributed by atoms with Crippen molar-refractivity contribution in [2.75, 3.05) is 21.3 Å². The summed E-state index contributed by atoms with van der Waals surface area (Å²) in [6.45, 7) is 0. The van der Waals surface area contributed by atoms with E-state index in [2.05, 4.69) is 0 Å². The van der Waals surface area contributed by atoms with Crippen LogP contribution in [0.5, 0.6) is 23.0 Å². The van der Waals surface area contributed by atoms with Crippen LogP contribution in [0.1, 0.15) is 17.2 Å². The van der Waals surface area contributed by atoms with Crippen LogP contribution in [0.3, 0.4) is 0 Å². The molecule has 0 amide bonds. The zero-order valence-corrected chi connectivity index (χ0v) is 13.2. The van der Waals surface area contributed by atoms with Crippen LogP contribution in [0.4, 0.5) is 0 Å². The maximum absolute atomic E-state index is 10.7. The molecule has 0 radical (unpaired) electrons. The Morgan fingerprint density at radius 1 is 0.913 bits per heavy atom. The molecule has 0 unspecified atom stereocenters. The SMILES string of the molecule is COc1ccc2c(c1)OC=C(c1ccc(OC)c(OC)c1)[C@@H]2O. The van der Waals surface area contributed by atoms with Crippen molar-refractivity contribution in [1.29, 1.82) is 0 Å². The number of benzene rings is 2. The smallest absolute Gasteiger partial charge is 0.161 e. The first-order chi connectivity index (χ1) is 11.2. The minimum atomic E-state index is -0.789. The minimum Gasteiger partial charge on any atom is -0.497 e. The van der Waals surface area contributed by atoms with Crippen molar-refractivity contribution in [1.82, 2.24) is 0 Å². The third kappa shape index (κ3) is 2.71. The largest absolute Gasteiger partial charge is 0.497 e. The fourth-order valence-electron chi connectivity index (χ4n) is 2.57. The zero-order chi connectivity index (χ0) is 16.4. The summed E-state index contributed by atoms with van der Waals surface area (Å²) in [5, 5.41) is 10.7. The molecule has 0 aliphatic carbocycles. The van der Waals surface area contributed by atoms with E-state index in [0.717, 1.165) is 5.56 Å². The highest BCUT2D eigenvalue weighted by molar-refractivity contribution is 5.74. The quantitative estimate of drug-likeness (QED) is 0.939. The monoisotopic (exact) mass is 314 g/mol. The van der Waals surface area contributed by atoms with E-state index >= 15 is 0 Å². The number of hydrogen-bond acceptors (Lipinski definition) is 5. The Bertz CT molecular complexity index is 751. The molecule has 5 heteroatoms. The molecule has 1 N–H and O–H groups in total. The van der Waals surface area contributed by atoms with Gasteiger partial charge in [-0.05, 0) is 29.8 Å². The Morgan fingerprint density at radius 3 is 2.39 bits per heavy atom. The lowest BCUT2D eigenvalue weighted by Crippen LogP contribution is -2.09. The standard InChI is InChI=1S/C18H18O5/c1-20-12-5-6-13-16(9-12)23-10-14(18(13)19)11-4-7-15(21-2)17(8-11)22-3/h4-10,18-19H,1-3H3/t18-/m1/s1. The summed E-state index contributed by atoms with van der Waals surface area (Å²) < 4.78 is 21.4. The molecule has 2 aromatic carbocycles. The van der Waals surface area contributed by atoms with Gasteiger partial charge in [-0.2, -0.15) is 0 Å². The summed E-state index contributed by atoms with van der Waals surface area (Å²) in [4.78, 5) is 0. The summed E-state index contributed by atoms with van der Waals surface area (Å²) in [5.74, 6) is 2.49. The fourth-order valence-corrected chi connectivity index (χ4v) is 2.57. The molecule has 1 atom stereocenters. The van der Waals surface area contributed by atoms with Crippen LogP contribution in [0.15, 0.2) is 42.7 Å². The topological polar surface area (TPSA) is 57.2 Å². The van der Waals surface area contributed by atoms with Crippen LogP contribution in [0, 0.1) is 0 Å². The molecule has 1 aliphatic heterocycles. The lowest BCUT2D eigenvalue weighted by molar-refractivity contribution is 0.223. The van der Waals surface area contributed by atoms with E-state index in [1.807, 2.05) is 12.1 Å². The summed E-state index contributed by atoms with van der Waals surface area (Å²) in [5.41, 5.74) is 2.15. The summed E-state index contributed by atoms with van der Waals surface area (Å²) >= 11 is 0. The lowest BCUT2D eigenvalue weighted by Gasteiger charge is -2.24. The highest BCUT2D eigenvalue weighted by Crippen LogP contribution is 2.42. The number of rotatable bonds is 4. The number of aliphatic hydroxyl groups excluding tert-OH is 1. The van der Waals surface area contributed by atoms with Crippen molar-refractivity contribution in [3.8, 4) is 23.0 Å². The third-order valence-corrected chi connectivity index (χ3v) is 3.84. The minimum absolute atomic E-state index is 0.584. The van der Waals surface area contributed by atoms with Crippen LogP contribution in [-0.2, 0) is 0 Å². The second-order valence-electron chi connectivity index (χ2n) is 5.07. The van der Waals surface area contributed by atoms with Gasteiger partial charge in [0.1, 0.15) is 17.6 Å². The van der Waals surface area contributed by atoms with Crippen LogP contribution in [-0.4, -0.2) is 26.4 Å². The van der Waals surface area contributed by atoms with Crippen molar-refractivity contribution in [2.45, 2.75) is 6.10 Å². The molecule has 0 aromatic heterocycles. The number of fused-ring (bicyclic) bond motifs is 1. The molecule has 120 valence electrons. The summed E-state index contributed by atoms with van der Waals surface area (Å²) in [7, 11) is 4.75. The average molecular weight is 314 g/mol. The Hall–Kier alpha value is -2.66. The Kier molecular flexibility index (Phi) is 4.12. The Labute approximate surface area is 134 Å². The van der Waals surface area contributed by atoms with Gasteiger partial charge >= 0.3 is 0 Å². The van der Waals surface area contributed by atoms with Gasteiger partial charge in [0.25, 0.3) is 0 Å². The van der Waals surface area contributed by atoms with Gasteiger partial charge in [-0.15, -0.1) is 0 Å². The van der Waals surface area contributed by atoms with Gasteiger partial charge in [-0.25, -0.2) is 0 Å². The first-order valence-corrected chi connectivity index (χ1v) is 7.13. The molecule has 0 fully saturated rings. The molecule has 0 saturated heterocycles. The van der Waals surface area contributed by atoms with Crippen LogP contribution in [0.2, 0.25) is 0 Å². The second-order valence-corrected chi connectivity index (χ2v) is 5.07. The first kappa shape index (κ1) is 15.2. The number of methoxy groups -OCH3 is 3. The maximum Gasteiger partial charge on any atom is 0.161 e. The molecule has 1 heterocycles. The highest BCUT2D eigenvalue weighted by Gasteiger charge is 2.25. The van der Waals surface area contributed by atoms with Crippen molar-refractivity contribution < 1.29 is 24.1 Å². The summed E-state index contributed by atoms with van der Waals surface area (Å²) in [6, 6.07) is 10.8. The van der Waals surface area contributed by atoms with Gasteiger partial charge in [0.15, 0.2) is 11.5 Å². The summed E-state index contributed by atoms with van der Waals surface area (Å²) in [6.07, 6.45) is 0.760. The lowest BCUT2D eigenvalue weighted by atomic mass is 9.94. The van der Waals surface area contributed by atoms with Crippen LogP contribution >= 0.6 is 0 Å². The fraction of sp³-hybridized carbons (Fsp3) is 0.222. The van der Waals surface area contributed by atoms with Gasteiger partial charge in [0, 0.05) is 17.2 Å². The van der Waals surface area contributed by atoms with E-state index in [0.29, 0.717) is 34.1 Å². The molecule has 0 bridgehead atoms. The molecular formula is C18H18O5. The molecular weight excluding hydrogens is 296 g/mol. The maximum atomic E-state index is 10.7. The van der Waals surface area contributed by atoms with Gasteiger partial charge in [0.2, 0.25) is 0 Å². The average Bonchev–Trinajstić information content (AvgIpc) is 2.61. The van der Waals surface area contributed by atoms with Crippen LogP contribution < -0.4 is 18.9 Å². The second kappa shape index (κ2) is 6.22. The highest BCUT2D eigenvalue weighted by atomic mass is 16.5. The van der Waals surface area contributed by atoms with Crippen LogP contribution in [0.25, 0.3) is 5.57 Å². The molecule has 23 heavy (non-hydrogen) atoms. The van der Waals surface area contributed by atoms with Gasteiger partial charge in [-0.3, -0.25) is 0 Å². The third-order valence-electron chi connectivity index (χ3n) is 3.84. The van der Waals surface area contributed by atoms with E-state index in [9.17, 15) is 5.11 Å². The predicted octanol–water partition coefficient (Wildman–Crippen LogP) is 3.18. The van der Waals surface area contributed by atoms with Crippen molar-refractivity contribution in [2.24, 2.45) is 0 Å². The normalized spacial score (nSPS) is 16.0. The van der Waals surface area contributed by atoms with Crippen molar-refractivity contribution in [3.05, 3.63) is 53.8 Å². The first-order valence-electron chi connectivity index (χ1n) is 7.13. The number of ether oxygens (including phenoxy) is 4. The van der Waals surface area contributed by atoms with E-state index in [1.54, 1.807) is 51.9 Å². The van der Waals surface area contributed by atoms with Gasteiger partial charge in [0.05, 0.1) is 27.6 Å². The molecule has 2 aromatic rings. The van der Waals surface area contributed by atoms with Crippen molar-refractivity contribution in [3.63, 3.8) is 0 Å². The number of aliphatic hydroxyl groups is 1.